The van der Waals surface area contributed by atoms with E-state index in [1.807, 2.05) is 30.3 Å². The Morgan fingerprint density at radius 3 is 2.19 bits per heavy atom. The summed E-state index contributed by atoms with van der Waals surface area (Å²) in [6, 6.07) is 32.0. The molecule has 36 heavy (non-hydrogen) atoms. The van der Waals surface area contributed by atoms with Crippen molar-refractivity contribution >= 4 is 10.9 Å². The summed E-state index contributed by atoms with van der Waals surface area (Å²) < 4.78 is 21.6. The number of ether oxygens (including phenoxy) is 1. The monoisotopic (exact) mass is 479 g/mol. The van der Waals surface area contributed by atoms with Gasteiger partial charge in [0.25, 0.3) is 0 Å². The van der Waals surface area contributed by atoms with Crippen LogP contribution in [0.5, 0.6) is 5.75 Å². The lowest BCUT2D eigenvalue weighted by atomic mass is 10.0. The summed E-state index contributed by atoms with van der Waals surface area (Å²) in [4.78, 5) is 0. The number of hydrogen-bond donors (Lipinski definition) is 1. The van der Waals surface area contributed by atoms with Crippen molar-refractivity contribution in [2.24, 2.45) is 0 Å². The SMILES string of the molecule is Cc1c(-c2ccc(F)cc2)n(Cc2ccc(OCCO)cc2)c2ccc(CCc3ccccc3)cc12. The number of rotatable bonds is 9. The fourth-order valence-corrected chi connectivity index (χ4v) is 4.84. The second-order valence-electron chi connectivity index (χ2n) is 9.12. The van der Waals surface area contributed by atoms with Gasteiger partial charge in [0.15, 0.2) is 0 Å². The third-order valence-corrected chi connectivity index (χ3v) is 6.67. The molecule has 0 radical (unpaired) electrons. The summed E-state index contributed by atoms with van der Waals surface area (Å²) in [5.41, 5.74) is 8.24. The lowest BCUT2D eigenvalue weighted by molar-refractivity contribution is 0.201. The molecule has 0 aliphatic carbocycles. The minimum absolute atomic E-state index is 0.00918. The summed E-state index contributed by atoms with van der Waals surface area (Å²) in [5, 5.41) is 10.2. The number of halogens is 1. The van der Waals surface area contributed by atoms with Crippen LogP contribution in [0.2, 0.25) is 0 Å². The summed E-state index contributed by atoms with van der Waals surface area (Å²) in [6.07, 6.45) is 1.98. The van der Waals surface area contributed by atoms with E-state index in [-0.39, 0.29) is 19.0 Å². The fourth-order valence-electron chi connectivity index (χ4n) is 4.84. The molecule has 5 aromatic rings. The average molecular weight is 480 g/mol. The zero-order chi connectivity index (χ0) is 24.9. The molecule has 0 atom stereocenters. The molecule has 0 bridgehead atoms. The molecular formula is C32H30FNO2. The topological polar surface area (TPSA) is 34.4 Å². The Morgan fingerprint density at radius 2 is 1.47 bits per heavy atom. The number of benzene rings is 4. The van der Waals surface area contributed by atoms with Crippen LogP contribution in [0.15, 0.2) is 97.1 Å². The summed E-state index contributed by atoms with van der Waals surface area (Å²) >= 11 is 0. The van der Waals surface area contributed by atoms with E-state index in [4.69, 9.17) is 9.84 Å². The third kappa shape index (κ3) is 5.19. The van der Waals surface area contributed by atoms with Crippen LogP contribution in [0.1, 0.15) is 22.3 Å². The maximum absolute atomic E-state index is 13.7. The molecule has 4 heteroatoms. The van der Waals surface area contributed by atoms with Crippen LogP contribution in [-0.2, 0) is 19.4 Å². The van der Waals surface area contributed by atoms with Crippen LogP contribution in [-0.4, -0.2) is 22.9 Å². The molecule has 1 N–H and O–H groups in total. The molecule has 0 unspecified atom stereocenters. The predicted molar refractivity (Wildman–Crippen MR) is 144 cm³/mol. The van der Waals surface area contributed by atoms with Crippen molar-refractivity contribution in [1.82, 2.24) is 4.57 Å². The summed E-state index contributed by atoms with van der Waals surface area (Å²) in [6.45, 7) is 3.11. The number of aromatic nitrogens is 1. The Bertz CT molecular complexity index is 1440. The van der Waals surface area contributed by atoms with Gasteiger partial charge in [0.1, 0.15) is 18.2 Å². The normalized spacial score (nSPS) is 11.2. The standard InChI is InChI=1S/C32H30FNO2/c1-23-30-21-25(8-7-24-5-3-2-4-6-24)11-18-31(30)34(32(23)27-12-14-28(33)15-13-27)22-26-9-16-29(17-10-26)36-20-19-35/h2-6,9-18,21,35H,7-8,19-20,22H2,1H3. The van der Waals surface area contributed by atoms with Crippen molar-refractivity contribution in [3.05, 3.63) is 125 Å². The van der Waals surface area contributed by atoms with Gasteiger partial charge in [-0.05, 0) is 96.1 Å². The van der Waals surface area contributed by atoms with E-state index in [9.17, 15) is 4.39 Å². The summed E-state index contributed by atoms with van der Waals surface area (Å²) in [7, 11) is 0. The first-order chi connectivity index (χ1) is 17.6. The van der Waals surface area contributed by atoms with Gasteiger partial charge in [-0.25, -0.2) is 4.39 Å². The highest BCUT2D eigenvalue weighted by Gasteiger charge is 2.17. The van der Waals surface area contributed by atoms with Crippen molar-refractivity contribution in [2.45, 2.75) is 26.3 Å². The molecule has 0 spiro atoms. The highest BCUT2D eigenvalue weighted by molar-refractivity contribution is 5.92. The molecule has 4 aromatic carbocycles. The van der Waals surface area contributed by atoms with Crippen molar-refractivity contribution < 1.29 is 14.2 Å². The molecule has 0 aliphatic heterocycles. The lowest BCUT2D eigenvalue weighted by Crippen LogP contribution is -2.04. The molecule has 182 valence electrons. The molecular weight excluding hydrogens is 449 g/mol. The van der Waals surface area contributed by atoms with Gasteiger partial charge < -0.3 is 14.4 Å². The van der Waals surface area contributed by atoms with E-state index in [2.05, 4.69) is 66.1 Å². The van der Waals surface area contributed by atoms with E-state index < -0.39 is 0 Å². The van der Waals surface area contributed by atoms with Gasteiger partial charge in [0.2, 0.25) is 0 Å². The molecule has 5 rings (SSSR count). The zero-order valence-corrected chi connectivity index (χ0v) is 20.5. The first kappa shape index (κ1) is 23.8. The maximum Gasteiger partial charge on any atom is 0.123 e. The zero-order valence-electron chi connectivity index (χ0n) is 20.5. The van der Waals surface area contributed by atoms with E-state index >= 15 is 0 Å². The number of aliphatic hydroxyl groups excluding tert-OH is 1. The molecule has 0 fully saturated rings. The smallest absolute Gasteiger partial charge is 0.123 e. The Hall–Kier alpha value is -3.89. The molecule has 0 aliphatic rings. The number of nitrogens with zero attached hydrogens (tertiary/aromatic N) is 1. The number of aryl methyl sites for hydroxylation is 3. The van der Waals surface area contributed by atoms with Crippen molar-refractivity contribution in [3.63, 3.8) is 0 Å². The van der Waals surface area contributed by atoms with Gasteiger partial charge in [0, 0.05) is 17.4 Å². The van der Waals surface area contributed by atoms with Gasteiger partial charge in [0.05, 0.1) is 12.3 Å². The van der Waals surface area contributed by atoms with E-state index in [1.54, 1.807) is 0 Å². The Labute approximate surface area is 211 Å². The average Bonchev–Trinajstić information content (AvgIpc) is 3.18. The number of fused-ring (bicyclic) bond motifs is 1. The van der Waals surface area contributed by atoms with Crippen molar-refractivity contribution in [1.29, 1.82) is 0 Å². The molecule has 0 amide bonds. The molecule has 1 heterocycles. The molecule has 3 nitrogen and oxygen atoms in total. The number of aliphatic hydroxyl groups is 1. The lowest BCUT2D eigenvalue weighted by Gasteiger charge is -2.13. The number of hydrogen-bond acceptors (Lipinski definition) is 2. The minimum Gasteiger partial charge on any atom is -0.491 e. The second-order valence-corrected chi connectivity index (χ2v) is 9.12. The van der Waals surface area contributed by atoms with Crippen LogP contribution in [0, 0.1) is 12.7 Å². The van der Waals surface area contributed by atoms with E-state index in [0.717, 1.165) is 40.9 Å². The van der Waals surface area contributed by atoms with Crippen LogP contribution in [0.25, 0.3) is 22.2 Å². The van der Waals surface area contributed by atoms with Crippen LogP contribution < -0.4 is 4.74 Å². The molecule has 1 aromatic heterocycles. The van der Waals surface area contributed by atoms with Crippen LogP contribution in [0.3, 0.4) is 0 Å². The van der Waals surface area contributed by atoms with Gasteiger partial charge in [-0.1, -0.05) is 48.5 Å². The molecule has 0 saturated carbocycles. The predicted octanol–water partition coefficient (Wildman–Crippen LogP) is 6.96. The van der Waals surface area contributed by atoms with Crippen molar-refractivity contribution in [2.75, 3.05) is 13.2 Å². The van der Waals surface area contributed by atoms with Crippen LogP contribution in [0.4, 0.5) is 4.39 Å². The Kier molecular flexibility index (Phi) is 7.15. The van der Waals surface area contributed by atoms with Gasteiger partial charge in [-0.15, -0.1) is 0 Å². The van der Waals surface area contributed by atoms with Gasteiger partial charge >= 0.3 is 0 Å². The minimum atomic E-state index is -0.235. The van der Waals surface area contributed by atoms with E-state index in [0.29, 0.717) is 6.54 Å². The highest BCUT2D eigenvalue weighted by Crippen LogP contribution is 2.35. The summed E-state index contributed by atoms with van der Waals surface area (Å²) in [5.74, 6) is 0.504. The molecule has 0 saturated heterocycles. The fraction of sp³-hybridized carbons (Fsp3) is 0.188. The van der Waals surface area contributed by atoms with Crippen molar-refractivity contribution in [3.8, 4) is 17.0 Å². The largest absolute Gasteiger partial charge is 0.491 e. The van der Waals surface area contributed by atoms with Gasteiger partial charge in [-0.2, -0.15) is 0 Å². The Balaban J connectivity index is 1.52. The first-order valence-electron chi connectivity index (χ1n) is 12.4. The first-order valence-corrected chi connectivity index (χ1v) is 12.4. The van der Waals surface area contributed by atoms with E-state index in [1.165, 1.54) is 34.2 Å². The quantitative estimate of drug-likeness (QED) is 0.248. The Morgan fingerprint density at radius 1 is 0.778 bits per heavy atom. The highest BCUT2D eigenvalue weighted by atomic mass is 19.1. The third-order valence-electron chi connectivity index (χ3n) is 6.67. The maximum atomic E-state index is 13.7. The van der Waals surface area contributed by atoms with Gasteiger partial charge in [-0.3, -0.25) is 0 Å². The van der Waals surface area contributed by atoms with Crippen LogP contribution >= 0.6 is 0 Å². The second kappa shape index (κ2) is 10.8.